The zero-order valence-corrected chi connectivity index (χ0v) is 15.1. The van der Waals surface area contributed by atoms with Crippen molar-refractivity contribution in [3.05, 3.63) is 42.0 Å². The molecule has 1 fully saturated rings. The summed E-state index contributed by atoms with van der Waals surface area (Å²) in [5.41, 5.74) is 8.03. The Morgan fingerprint density at radius 1 is 1.36 bits per heavy atom. The van der Waals surface area contributed by atoms with Gasteiger partial charge in [0.1, 0.15) is 0 Å². The number of rotatable bonds is 5. The predicted octanol–water partition coefficient (Wildman–Crippen LogP) is 1.43. The number of hydrogen-bond acceptors (Lipinski definition) is 5. The van der Waals surface area contributed by atoms with Gasteiger partial charge < -0.3 is 10.6 Å². The highest BCUT2D eigenvalue weighted by Crippen LogP contribution is 2.36. The first-order valence-corrected chi connectivity index (χ1v) is 8.62. The number of primary amides is 1. The van der Waals surface area contributed by atoms with Crippen molar-refractivity contribution in [2.24, 2.45) is 18.7 Å². The number of anilines is 1. The molecule has 0 unspecified atom stereocenters. The first-order valence-electron chi connectivity index (χ1n) is 8.62. The van der Waals surface area contributed by atoms with Gasteiger partial charge in [-0.3, -0.25) is 19.4 Å². The lowest BCUT2D eigenvalue weighted by molar-refractivity contribution is 0.0999. The Morgan fingerprint density at radius 3 is 2.84 bits per heavy atom. The fourth-order valence-corrected chi connectivity index (χ4v) is 3.95. The summed E-state index contributed by atoms with van der Waals surface area (Å²) < 4.78 is 1.96. The number of carbonyl (C=O) groups excluding carboxylic acids is 1. The van der Waals surface area contributed by atoms with Crippen LogP contribution in [-0.2, 0) is 7.05 Å². The van der Waals surface area contributed by atoms with Gasteiger partial charge in [0.05, 0.1) is 23.0 Å². The molecule has 2 N–H and O–H groups in total. The highest BCUT2D eigenvalue weighted by molar-refractivity contribution is 5.98. The summed E-state index contributed by atoms with van der Waals surface area (Å²) in [5, 5.41) is 4.34. The minimum atomic E-state index is -0.445. The van der Waals surface area contributed by atoms with E-state index in [0.29, 0.717) is 17.5 Å². The van der Waals surface area contributed by atoms with Gasteiger partial charge in [-0.15, -0.1) is 0 Å². The summed E-state index contributed by atoms with van der Waals surface area (Å²) in [7, 11) is 6.17. The fourth-order valence-electron chi connectivity index (χ4n) is 3.95. The summed E-state index contributed by atoms with van der Waals surface area (Å²) in [6.45, 7) is 1.92. The van der Waals surface area contributed by atoms with Gasteiger partial charge in [0, 0.05) is 39.2 Å². The molecular weight excluding hydrogens is 316 g/mol. The maximum Gasteiger partial charge on any atom is 0.252 e. The molecule has 0 aliphatic carbocycles. The van der Waals surface area contributed by atoms with E-state index in [0.717, 1.165) is 25.2 Å². The van der Waals surface area contributed by atoms with Gasteiger partial charge in [0.15, 0.2) is 0 Å². The minimum absolute atomic E-state index is 0.308. The van der Waals surface area contributed by atoms with Crippen LogP contribution in [0.3, 0.4) is 0 Å². The first-order chi connectivity index (χ1) is 12.0. The molecule has 0 bridgehead atoms. The Hall–Kier alpha value is -2.41. The molecule has 2 aromatic heterocycles. The maximum atomic E-state index is 11.7. The molecule has 1 aliphatic heterocycles. The van der Waals surface area contributed by atoms with E-state index in [9.17, 15) is 4.79 Å². The third-order valence-corrected chi connectivity index (χ3v) is 5.15. The Balaban J connectivity index is 1.85. The third kappa shape index (κ3) is 3.51. The van der Waals surface area contributed by atoms with Crippen LogP contribution in [0.25, 0.3) is 0 Å². The van der Waals surface area contributed by atoms with E-state index >= 15 is 0 Å². The highest BCUT2D eigenvalue weighted by atomic mass is 16.1. The monoisotopic (exact) mass is 342 g/mol. The minimum Gasteiger partial charge on any atom is -0.374 e. The van der Waals surface area contributed by atoms with Crippen molar-refractivity contribution >= 4 is 11.6 Å². The standard InChI is InChI=1S/C18H26N6O/c1-22-10-4-5-13(17(22)16-7-9-21-24(16)3)12-23(2)15-6-8-20-11-14(15)18(19)25/h6-9,11,13,17H,4-5,10,12H2,1-3H3,(H2,19,25)/t13-,17+/m0/s1. The zero-order valence-electron chi connectivity index (χ0n) is 15.1. The fraction of sp³-hybridized carbons (Fsp3) is 0.500. The van der Waals surface area contributed by atoms with Crippen molar-refractivity contribution in [3.8, 4) is 0 Å². The van der Waals surface area contributed by atoms with Crippen molar-refractivity contribution in [3.63, 3.8) is 0 Å². The molecule has 25 heavy (non-hydrogen) atoms. The van der Waals surface area contributed by atoms with Crippen LogP contribution in [0.5, 0.6) is 0 Å². The Morgan fingerprint density at radius 2 is 2.16 bits per heavy atom. The molecular formula is C18H26N6O. The van der Waals surface area contributed by atoms with Gasteiger partial charge >= 0.3 is 0 Å². The molecule has 0 spiro atoms. The molecule has 1 amide bonds. The second kappa shape index (κ2) is 7.23. The molecule has 2 aromatic rings. The molecule has 0 aromatic carbocycles. The van der Waals surface area contributed by atoms with Crippen molar-refractivity contribution in [2.45, 2.75) is 18.9 Å². The van der Waals surface area contributed by atoms with Crippen molar-refractivity contribution < 1.29 is 4.79 Å². The van der Waals surface area contributed by atoms with Crippen LogP contribution in [0.4, 0.5) is 5.69 Å². The van der Waals surface area contributed by atoms with Gasteiger partial charge in [-0.05, 0) is 44.5 Å². The largest absolute Gasteiger partial charge is 0.374 e. The number of piperidine rings is 1. The number of hydrogen-bond donors (Lipinski definition) is 1. The van der Waals surface area contributed by atoms with Gasteiger partial charge in [0.2, 0.25) is 0 Å². The van der Waals surface area contributed by atoms with Crippen LogP contribution in [-0.4, -0.2) is 52.8 Å². The van der Waals surface area contributed by atoms with E-state index in [4.69, 9.17) is 5.73 Å². The summed E-state index contributed by atoms with van der Waals surface area (Å²) in [6, 6.07) is 4.26. The first kappa shape index (κ1) is 17.4. The molecule has 1 saturated heterocycles. The van der Waals surface area contributed by atoms with Crippen LogP contribution in [0.1, 0.15) is 34.9 Å². The third-order valence-electron chi connectivity index (χ3n) is 5.15. The molecule has 7 heteroatoms. The van der Waals surface area contributed by atoms with Crippen LogP contribution < -0.4 is 10.6 Å². The zero-order chi connectivity index (χ0) is 18.0. The highest BCUT2D eigenvalue weighted by Gasteiger charge is 2.33. The Kier molecular flexibility index (Phi) is 5.03. The van der Waals surface area contributed by atoms with E-state index in [2.05, 4.69) is 33.0 Å². The predicted molar refractivity (Wildman–Crippen MR) is 97.3 cm³/mol. The quantitative estimate of drug-likeness (QED) is 0.889. The van der Waals surface area contributed by atoms with E-state index < -0.39 is 5.91 Å². The van der Waals surface area contributed by atoms with Crippen LogP contribution in [0.2, 0.25) is 0 Å². The number of pyridine rings is 1. The van der Waals surface area contributed by atoms with Crippen molar-refractivity contribution in [1.82, 2.24) is 19.7 Å². The summed E-state index contributed by atoms with van der Waals surface area (Å²) in [5.74, 6) is -0.00746. The van der Waals surface area contributed by atoms with Gasteiger partial charge in [0.25, 0.3) is 5.91 Å². The second-order valence-corrected chi connectivity index (χ2v) is 6.85. The Labute approximate surface area is 148 Å². The lowest BCUT2D eigenvalue weighted by Crippen LogP contribution is -2.42. The molecule has 0 radical (unpaired) electrons. The van der Waals surface area contributed by atoms with Crippen molar-refractivity contribution in [2.75, 3.05) is 32.1 Å². The molecule has 3 rings (SSSR count). The summed E-state index contributed by atoms with van der Waals surface area (Å²) in [4.78, 5) is 20.3. The van der Waals surface area contributed by atoms with E-state index in [1.165, 1.54) is 12.1 Å². The van der Waals surface area contributed by atoms with Crippen LogP contribution in [0, 0.1) is 5.92 Å². The maximum absolute atomic E-state index is 11.7. The number of aromatic nitrogens is 3. The van der Waals surface area contributed by atoms with Gasteiger partial charge in [-0.1, -0.05) is 0 Å². The topological polar surface area (TPSA) is 80.3 Å². The summed E-state index contributed by atoms with van der Waals surface area (Å²) >= 11 is 0. The number of nitrogens with two attached hydrogens (primary N) is 1. The van der Waals surface area contributed by atoms with Crippen LogP contribution >= 0.6 is 0 Å². The molecule has 134 valence electrons. The SMILES string of the molecule is CN(C[C@@H]1CCCN(C)[C@H]1c1ccnn1C)c1ccncc1C(N)=O. The molecule has 7 nitrogen and oxygen atoms in total. The molecule has 0 saturated carbocycles. The lowest BCUT2D eigenvalue weighted by atomic mass is 9.86. The van der Waals surface area contributed by atoms with E-state index in [1.807, 2.05) is 31.0 Å². The average Bonchev–Trinajstić information content (AvgIpc) is 3.00. The second-order valence-electron chi connectivity index (χ2n) is 6.85. The van der Waals surface area contributed by atoms with Crippen molar-refractivity contribution in [1.29, 1.82) is 0 Å². The lowest BCUT2D eigenvalue weighted by Gasteiger charge is -2.41. The number of carbonyl (C=O) groups is 1. The molecule has 1 aliphatic rings. The van der Waals surface area contributed by atoms with Gasteiger partial charge in [-0.25, -0.2) is 0 Å². The smallest absolute Gasteiger partial charge is 0.252 e. The number of nitrogens with zero attached hydrogens (tertiary/aromatic N) is 5. The number of likely N-dealkylation sites (tertiary alicyclic amines) is 1. The molecule has 2 atom stereocenters. The number of amides is 1. The van der Waals surface area contributed by atoms with Crippen LogP contribution in [0.15, 0.2) is 30.7 Å². The summed E-state index contributed by atoms with van der Waals surface area (Å²) in [6.07, 6.45) is 7.40. The van der Waals surface area contributed by atoms with Gasteiger partial charge in [-0.2, -0.15) is 5.10 Å². The number of aryl methyl sites for hydroxylation is 1. The van der Waals surface area contributed by atoms with E-state index in [1.54, 1.807) is 12.4 Å². The average molecular weight is 342 g/mol. The molecule has 3 heterocycles. The van der Waals surface area contributed by atoms with E-state index in [-0.39, 0.29) is 0 Å². The normalized spacial score (nSPS) is 21.2. The Bertz CT molecular complexity index is 743.